The molecule has 0 unspecified atom stereocenters. The van der Waals surface area contributed by atoms with E-state index in [1.165, 1.54) is 19.3 Å². The minimum atomic E-state index is 0.470. The Hall–Kier alpha value is -0.0800. The van der Waals surface area contributed by atoms with Crippen LogP contribution in [0.1, 0.15) is 19.3 Å². The average molecular weight is 128 g/mol. The molecule has 0 aromatic heterocycles. The SMILES string of the molecule is CN(C)[C@H]1CC[C@@H](N)C1. The second-order valence-electron chi connectivity index (χ2n) is 3.19. The highest BCUT2D eigenvalue weighted by atomic mass is 15.1. The van der Waals surface area contributed by atoms with Gasteiger partial charge in [-0.05, 0) is 33.4 Å². The van der Waals surface area contributed by atoms with Gasteiger partial charge in [0, 0.05) is 12.1 Å². The van der Waals surface area contributed by atoms with Gasteiger partial charge in [0.1, 0.15) is 0 Å². The van der Waals surface area contributed by atoms with Gasteiger partial charge >= 0.3 is 0 Å². The molecule has 0 amide bonds. The number of hydrogen-bond donors (Lipinski definition) is 1. The Bertz CT molecular complexity index is 90.9. The molecule has 2 nitrogen and oxygen atoms in total. The van der Waals surface area contributed by atoms with Gasteiger partial charge in [-0.2, -0.15) is 0 Å². The maximum atomic E-state index is 5.74. The Balaban J connectivity index is 2.30. The van der Waals surface area contributed by atoms with Gasteiger partial charge in [-0.15, -0.1) is 0 Å². The van der Waals surface area contributed by atoms with Crippen LogP contribution in [-0.4, -0.2) is 31.1 Å². The fourth-order valence-electron chi connectivity index (χ4n) is 1.46. The largest absolute Gasteiger partial charge is 0.328 e. The molecule has 0 aromatic carbocycles. The number of hydrogen-bond acceptors (Lipinski definition) is 2. The average Bonchev–Trinajstić information content (AvgIpc) is 2.14. The first-order valence-corrected chi connectivity index (χ1v) is 3.62. The molecule has 0 saturated heterocycles. The van der Waals surface area contributed by atoms with Gasteiger partial charge in [0.25, 0.3) is 0 Å². The van der Waals surface area contributed by atoms with Crippen LogP contribution in [0.15, 0.2) is 0 Å². The summed E-state index contributed by atoms with van der Waals surface area (Å²) in [6.45, 7) is 0. The van der Waals surface area contributed by atoms with Crippen molar-refractivity contribution in [3.8, 4) is 0 Å². The lowest BCUT2D eigenvalue weighted by atomic mass is 10.2. The molecule has 0 spiro atoms. The van der Waals surface area contributed by atoms with E-state index < -0.39 is 0 Å². The van der Waals surface area contributed by atoms with Gasteiger partial charge in [0.05, 0.1) is 0 Å². The van der Waals surface area contributed by atoms with Crippen molar-refractivity contribution in [2.24, 2.45) is 5.73 Å². The van der Waals surface area contributed by atoms with Crippen molar-refractivity contribution < 1.29 is 0 Å². The van der Waals surface area contributed by atoms with Crippen LogP contribution in [0.25, 0.3) is 0 Å². The summed E-state index contributed by atoms with van der Waals surface area (Å²) in [5.74, 6) is 0. The molecule has 0 aromatic rings. The first kappa shape index (κ1) is 7.03. The van der Waals surface area contributed by atoms with Gasteiger partial charge in [-0.1, -0.05) is 0 Å². The first-order valence-electron chi connectivity index (χ1n) is 3.62. The maximum Gasteiger partial charge on any atom is 0.0104 e. The highest BCUT2D eigenvalue weighted by Gasteiger charge is 2.22. The van der Waals surface area contributed by atoms with Crippen LogP contribution < -0.4 is 5.73 Å². The summed E-state index contributed by atoms with van der Waals surface area (Å²) in [7, 11) is 4.26. The van der Waals surface area contributed by atoms with E-state index in [2.05, 4.69) is 19.0 Å². The Labute approximate surface area is 57.0 Å². The van der Waals surface area contributed by atoms with E-state index in [4.69, 9.17) is 5.73 Å². The molecule has 1 rings (SSSR count). The third-order valence-corrected chi connectivity index (χ3v) is 2.18. The monoisotopic (exact) mass is 128 g/mol. The minimum Gasteiger partial charge on any atom is -0.328 e. The standard InChI is InChI=1S/C7H16N2/c1-9(2)7-4-3-6(8)5-7/h6-7H,3-5,8H2,1-2H3/t6-,7+/m1/s1. The Morgan fingerprint density at radius 2 is 2.00 bits per heavy atom. The Morgan fingerprint density at radius 1 is 1.33 bits per heavy atom. The van der Waals surface area contributed by atoms with Crippen molar-refractivity contribution >= 4 is 0 Å². The van der Waals surface area contributed by atoms with E-state index in [-0.39, 0.29) is 0 Å². The van der Waals surface area contributed by atoms with Crippen molar-refractivity contribution in [1.82, 2.24) is 4.90 Å². The van der Waals surface area contributed by atoms with Crippen molar-refractivity contribution in [3.05, 3.63) is 0 Å². The third-order valence-electron chi connectivity index (χ3n) is 2.18. The second-order valence-corrected chi connectivity index (χ2v) is 3.19. The number of nitrogens with zero attached hydrogens (tertiary/aromatic N) is 1. The smallest absolute Gasteiger partial charge is 0.0104 e. The zero-order chi connectivity index (χ0) is 6.85. The molecule has 9 heavy (non-hydrogen) atoms. The normalized spacial score (nSPS) is 36.0. The van der Waals surface area contributed by atoms with E-state index in [9.17, 15) is 0 Å². The predicted octanol–water partition coefficient (Wildman–Crippen LogP) is 0.428. The van der Waals surface area contributed by atoms with Crippen molar-refractivity contribution in [2.75, 3.05) is 14.1 Å². The molecule has 0 radical (unpaired) electrons. The zero-order valence-corrected chi connectivity index (χ0v) is 6.30. The van der Waals surface area contributed by atoms with Gasteiger partial charge < -0.3 is 10.6 Å². The Kier molecular flexibility index (Phi) is 2.09. The van der Waals surface area contributed by atoms with Gasteiger partial charge in [0.2, 0.25) is 0 Å². The quantitative estimate of drug-likeness (QED) is 0.555. The summed E-state index contributed by atoms with van der Waals surface area (Å²) in [6, 6.07) is 1.22. The maximum absolute atomic E-state index is 5.74. The molecule has 0 aliphatic heterocycles. The first-order chi connectivity index (χ1) is 4.20. The fraction of sp³-hybridized carbons (Fsp3) is 1.00. The molecule has 2 N–H and O–H groups in total. The fourth-order valence-corrected chi connectivity index (χ4v) is 1.46. The Morgan fingerprint density at radius 3 is 2.22 bits per heavy atom. The van der Waals surface area contributed by atoms with Crippen LogP contribution in [0, 0.1) is 0 Å². The molecule has 1 fully saturated rings. The predicted molar refractivity (Wildman–Crippen MR) is 39.3 cm³/mol. The van der Waals surface area contributed by atoms with Crippen molar-refractivity contribution in [2.45, 2.75) is 31.3 Å². The highest BCUT2D eigenvalue weighted by Crippen LogP contribution is 2.20. The number of rotatable bonds is 1. The van der Waals surface area contributed by atoms with Crippen LogP contribution in [0.3, 0.4) is 0 Å². The lowest BCUT2D eigenvalue weighted by Gasteiger charge is -2.17. The third kappa shape index (κ3) is 1.66. The van der Waals surface area contributed by atoms with Crippen LogP contribution in [0.4, 0.5) is 0 Å². The van der Waals surface area contributed by atoms with E-state index in [0.717, 1.165) is 6.04 Å². The molecular weight excluding hydrogens is 112 g/mol. The summed E-state index contributed by atoms with van der Waals surface area (Å²) in [5.41, 5.74) is 5.74. The summed E-state index contributed by atoms with van der Waals surface area (Å²) in [5, 5.41) is 0. The van der Waals surface area contributed by atoms with Gasteiger partial charge in [-0.25, -0.2) is 0 Å². The lowest BCUT2D eigenvalue weighted by molar-refractivity contribution is 0.297. The number of nitrogens with two attached hydrogens (primary N) is 1. The van der Waals surface area contributed by atoms with Gasteiger partial charge in [0.15, 0.2) is 0 Å². The van der Waals surface area contributed by atoms with Crippen molar-refractivity contribution in [3.63, 3.8) is 0 Å². The summed E-state index contributed by atoms with van der Waals surface area (Å²) < 4.78 is 0. The molecule has 0 heterocycles. The van der Waals surface area contributed by atoms with Crippen molar-refractivity contribution in [1.29, 1.82) is 0 Å². The summed E-state index contributed by atoms with van der Waals surface area (Å²) >= 11 is 0. The summed E-state index contributed by atoms with van der Waals surface area (Å²) in [4.78, 5) is 2.27. The topological polar surface area (TPSA) is 29.3 Å². The van der Waals surface area contributed by atoms with Crippen LogP contribution >= 0.6 is 0 Å². The molecule has 1 aliphatic carbocycles. The van der Waals surface area contributed by atoms with E-state index in [1.807, 2.05) is 0 Å². The molecular formula is C7H16N2. The molecule has 1 aliphatic rings. The molecule has 0 bridgehead atoms. The zero-order valence-electron chi connectivity index (χ0n) is 6.30. The van der Waals surface area contributed by atoms with E-state index in [0.29, 0.717) is 6.04 Å². The molecule has 54 valence electrons. The van der Waals surface area contributed by atoms with Crippen LogP contribution in [-0.2, 0) is 0 Å². The molecule has 1 saturated carbocycles. The summed E-state index contributed by atoms with van der Waals surface area (Å²) in [6.07, 6.45) is 3.68. The van der Waals surface area contributed by atoms with Crippen LogP contribution in [0.5, 0.6) is 0 Å². The van der Waals surface area contributed by atoms with E-state index >= 15 is 0 Å². The lowest BCUT2D eigenvalue weighted by Crippen LogP contribution is -2.27. The van der Waals surface area contributed by atoms with E-state index in [1.54, 1.807) is 0 Å². The van der Waals surface area contributed by atoms with Crippen LogP contribution in [0.2, 0.25) is 0 Å². The minimum absolute atomic E-state index is 0.470. The molecule has 2 atom stereocenters. The molecule has 2 heteroatoms. The van der Waals surface area contributed by atoms with Gasteiger partial charge in [-0.3, -0.25) is 0 Å². The second kappa shape index (κ2) is 2.67. The highest BCUT2D eigenvalue weighted by molar-refractivity contribution is 4.82.